The van der Waals surface area contributed by atoms with E-state index in [1.807, 2.05) is 31.2 Å². The van der Waals surface area contributed by atoms with E-state index in [0.29, 0.717) is 19.7 Å². The summed E-state index contributed by atoms with van der Waals surface area (Å²) in [5, 5.41) is 0. The van der Waals surface area contributed by atoms with Crippen LogP contribution in [0.3, 0.4) is 0 Å². The van der Waals surface area contributed by atoms with Gasteiger partial charge in [0.25, 0.3) is 0 Å². The first kappa shape index (κ1) is 19.0. The van der Waals surface area contributed by atoms with Gasteiger partial charge >= 0.3 is 6.18 Å². The number of aromatic nitrogens is 1. The van der Waals surface area contributed by atoms with E-state index < -0.39 is 11.7 Å². The molecule has 0 N–H and O–H groups in total. The molecule has 2 aromatic rings. The molecule has 1 amide bonds. The number of alkyl halides is 3. The van der Waals surface area contributed by atoms with Gasteiger partial charge in [0.15, 0.2) is 0 Å². The van der Waals surface area contributed by atoms with Crippen LogP contribution in [0.5, 0.6) is 11.6 Å². The molecule has 5 nitrogen and oxygen atoms in total. The number of pyridine rings is 1. The Morgan fingerprint density at radius 2 is 1.89 bits per heavy atom. The normalized spacial score (nSPS) is 14.6. The van der Waals surface area contributed by atoms with Crippen LogP contribution in [0.15, 0.2) is 42.6 Å². The molecule has 1 fully saturated rings. The number of likely N-dealkylation sites (tertiary alicyclic amines) is 1. The monoisotopic (exact) mass is 380 g/mol. The Hall–Kier alpha value is -2.77. The number of nitrogens with zero attached hydrogens (tertiary/aromatic N) is 2. The average Bonchev–Trinajstić information content (AvgIpc) is 2.59. The minimum atomic E-state index is -4.42. The summed E-state index contributed by atoms with van der Waals surface area (Å²) < 4.78 is 48.4. The summed E-state index contributed by atoms with van der Waals surface area (Å²) in [4.78, 5) is 17.6. The van der Waals surface area contributed by atoms with Crippen molar-refractivity contribution in [2.75, 3.05) is 19.7 Å². The van der Waals surface area contributed by atoms with Gasteiger partial charge in [-0.3, -0.25) is 4.79 Å². The first-order chi connectivity index (χ1) is 12.8. The number of rotatable bonds is 6. The van der Waals surface area contributed by atoms with Crippen molar-refractivity contribution in [3.05, 3.63) is 53.7 Å². The van der Waals surface area contributed by atoms with Gasteiger partial charge < -0.3 is 14.4 Å². The predicted molar refractivity (Wildman–Crippen MR) is 91.6 cm³/mol. The van der Waals surface area contributed by atoms with Crippen LogP contribution >= 0.6 is 0 Å². The molecule has 1 aliphatic heterocycles. The van der Waals surface area contributed by atoms with Crippen LogP contribution in [0.25, 0.3) is 0 Å². The number of carbonyl (C=O) groups excluding carboxylic acids is 1. The quantitative estimate of drug-likeness (QED) is 0.772. The summed E-state index contributed by atoms with van der Waals surface area (Å²) in [5.74, 6) is 0.848. The van der Waals surface area contributed by atoms with Crippen molar-refractivity contribution in [3.63, 3.8) is 0 Å². The van der Waals surface area contributed by atoms with Crippen molar-refractivity contribution >= 4 is 5.91 Å². The summed E-state index contributed by atoms with van der Waals surface area (Å²) in [5.41, 5.74) is 0.0628. The van der Waals surface area contributed by atoms with E-state index in [0.717, 1.165) is 23.6 Å². The largest absolute Gasteiger partial charge is 0.494 e. The Bertz CT molecular complexity index is 770. The summed E-state index contributed by atoms with van der Waals surface area (Å²) >= 11 is 0. The van der Waals surface area contributed by atoms with E-state index in [4.69, 9.17) is 9.47 Å². The summed E-state index contributed by atoms with van der Waals surface area (Å²) in [6.07, 6.45) is -3.68. The van der Waals surface area contributed by atoms with Crippen molar-refractivity contribution < 1.29 is 27.4 Å². The smallest absolute Gasteiger partial charge is 0.417 e. The molecule has 3 rings (SSSR count). The van der Waals surface area contributed by atoms with Crippen LogP contribution in [-0.4, -0.2) is 41.6 Å². The van der Waals surface area contributed by atoms with E-state index in [2.05, 4.69) is 4.98 Å². The van der Waals surface area contributed by atoms with Gasteiger partial charge in [0.05, 0.1) is 31.7 Å². The maximum absolute atomic E-state index is 12.5. The molecule has 144 valence electrons. The zero-order valence-electron chi connectivity index (χ0n) is 14.7. The van der Waals surface area contributed by atoms with Crippen molar-refractivity contribution in [1.29, 1.82) is 0 Å². The van der Waals surface area contributed by atoms with Gasteiger partial charge in [0, 0.05) is 12.3 Å². The molecule has 8 heteroatoms. The van der Waals surface area contributed by atoms with Crippen LogP contribution < -0.4 is 9.47 Å². The highest BCUT2D eigenvalue weighted by Gasteiger charge is 2.33. The van der Waals surface area contributed by atoms with Gasteiger partial charge in [0.2, 0.25) is 11.8 Å². The van der Waals surface area contributed by atoms with Crippen molar-refractivity contribution in [2.45, 2.75) is 25.6 Å². The van der Waals surface area contributed by atoms with E-state index in [-0.39, 0.29) is 24.3 Å². The van der Waals surface area contributed by atoms with E-state index >= 15 is 0 Å². The number of hydrogen-bond donors (Lipinski definition) is 0. The molecule has 1 aromatic heterocycles. The van der Waals surface area contributed by atoms with E-state index in [9.17, 15) is 18.0 Å². The third-order valence-corrected chi connectivity index (χ3v) is 4.14. The molecule has 0 bridgehead atoms. The van der Waals surface area contributed by atoms with Gasteiger partial charge in [-0.2, -0.15) is 13.2 Å². The molecule has 0 saturated carbocycles. The van der Waals surface area contributed by atoms with Crippen LogP contribution in [0.1, 0.15) is 18.1 Å². The van der Waals surface area contributed by atoms with Crippen LogP contribution in [0.4, 0.5) is 13.2 Å². The lowest BCUT2D eigenvalue weighted by Gasteiger charge is -2.38. The fourth-order valence-corrected chi connectivity index (χ4v) is 2.66. The van der Waals surface area contributed by atoms with Crippen LogP contribution in [0.2, 0.25) is 0 Å². The lowest BCUT2D eigenvalue weighted by molar-refractivity contribution is -0.140. The highest BCUT2D eigenvalue weighted by atomic mass is 19.4. The van der Waals surface area contributed by atoms with Crippen molar-refractivity contribution in [3.8, 4) is 11.6 Å². The van der Waals surface area contributed by atoms with Gasteiger partial charge in [-0.25, -0.2) is 4.98 Å². The molecule has 0 atom stereocenters. The third-order valence-electron chi connectivity index (χ3n) is 4.14. The van der Waals surface area contributed by atoms with E-state index in [1.54, 1.807) is 4.90 Å². The van der Waals surface area contributed by atoms with Gasteiger partial charge in [0.1, 0.15) is 11.9 Å². The number of amides is 1. The lowest BCUT2D eigenvalue weighted by atomic mass is 10.1. The first-order valence-corrected chi connectivity index (χ1v) is 8.54. The van der Waals surface area contributed by atoms with Crippen LogP contribution in [-0.2, 0) is 17.4 Å². The second-order valence-electron chi connectivity index (χ2n) is 6.18. The van der Waals surface area contributed by atoms with Crippen molar-refractivity contribution in [2.24, 2.45) is 0 Å². The minimum absolute atomic E-state index is 0.0283. The van der Waals surface area contributed by atoms with Gasteiger partial charge in [-0.15, -0.1) is 0 Å². The zero-order valence-corrected chi connectivity index (χ0v) is 14.7. The molecule has 0 aliphatic carbocycles. The Morgan fingerprint density at radius 3 is 2.44 bits per heavy atom. The molecule has 0 spiro atoms. The summed E-state index contributed by atoms with van der Waals surface area (Å²) in [7, 11) is 0. The number of carbonyl (C=O) groups is 1. The molecule has 27 heavy (non-hydrogen) atoms. The minimum Gasteiger partial charge on any atom is -0.494 e. The fourth-order valence-electron chi connectivity index (χ4n) is 2.66. The molecule has 2 heterocycles. The van der Waals surface area contributed by atoms with Gasteiger partial charge in [-0.1, -0.05) is 12.1 Å². The first-order valence-electron chi connectivity index (χ1n) is 8.54. The van der Waals surface area contributed by atoms with Gasteiger partial charge in [-0.05, 0) is 30.7 Å². The second-order valence-corrected chi connectivity index (χ2v) is 6.18. The molecular formula is C19H19F3N2O3. The second kappa shape index (κ2) is 7.85. The zero-order chi connectivity index (χ0) is 19.4. The maximum atomic E-state index is 12.5. The molecule has 1 aliphatic rings. The Morgan fingerprint density at radius 1 is 1.19 bits per heavy atom. The summed E-state index contributed by atoms with van der Waals surface area (Å²) in [6.45, 7) is 3.26. The lowest BCUT2D eigenvalue weighted by Crippen LogP contribution is -2.56. The Kier molecular flexibility index (Phi) is 5.53. The molecule has 1 saturated heterocycles. The number of halogens is 3. The topological polar surface area (TPSA) is 51.7 Å². The highest BCUT2D eigenvalue weighted by Crippen LogP contribution is 2.29. The number of benzene rings is 1. The Balaban J connectivity index is 1.45. The maximum Gasteiger partial charge on any atom is 0.417 e. The predicted octanol–water partition coefficient (Wildman–Crippen LogP) is 3.33. The fraction of sp³-hybridized carbons (Fsp3) is 0.368. The standard InChI is InChI=1S/C19H19F3N2O3/c1-2-26-15-6-3-13(4-7-15)9-18(25)24-11-16(12-24)27-17-8-5-14(10-23-17)19(20,21)22/h3-8,10,16H,2,9,11-12H2,1H3. The highest BCUT2D eigenvalue weighted by molar-refractivity contribution is 5.79. The Labute approximate surface area is 154 Å². The summed E-state index contributed by atoms with van der Waals surface area (Å²) in [6, 6.07) is 9.46. The van der Waals surface area contributed by atoms with E-state index in [1.165, 1.54) is 6.07 Å². The molecule has 0 radical (unpaired) electrons. The molecule has 0 unspecified atom stereocenters. The average molecular weight is 380 g/mol. The SMILES string of the molecule is CCOc1ccc(CC(=O)N2CC(Oc3ccc(C(F)(F)F)cn3)C2)cc1. The number of ether oxygens (including phenoxy) is 2. The molecular weight excluding hydrogens is 361 g/mol. The van der Waals surface area contributed by atoms with Crippen LogP contribution in [0, 0.1) is 0 Å². The molecule has 1 aromatic carbocycles. The third kappa shape index (κ3) is 4.90. The number of hydrogen-bond acceptors (Lipinski definition) is 4. The van der Waals surface area contributed by atoms with Crippen molar-refractivity contribution in [1.82, 2.24) is 9.88 Å².